The van der Waals surface area contributed by atoms with E-state index in [1.54, 1.807) is 25.1 Å². The van der Waals surface area contributed by atoms with Crippen LogP contribution >= 0.6 is 0 Å². The van der Waals surface area contributed by atoms with Crippen LogP contribution in [0, 0.1) is 17.8 Å². The van der Waals surface area contributed by atoms with E-state index < -0.39 is 23.7 Å². The Morgan fingerprint density at radius 3 is 2.47 bits per heavy atom. The molecule has 0 unspecified atom stereocenters. The van der Waals surface area contributed by atoms with E-state index in [4.69, 9.17) is 4.74 Å². The van der Waals surface area contributed by atoms with Crippen LogP contribution in [-0.2, 0) is 25.7 Å². The van der Waals surface area contributed by atoms with Crippen LogP contribution in [0.15, 0.2) is 83.0 Å². The first-order valence-electron chi connectivity index (χ1n) is 12.8. The molecule has 2 aromatic carbocycles. The minimum absolute atomic E-state index is 0.0773. The van der Waals surface area contributed by atoms with Crippen LogP contribution in [0.1, 0.15) is 36.8 Å². The third-order valence-electron chi connectivity index (χ3n) is 8.38. The van der Waals surface area contributed by atoms with Crippen molar-refractivity contribution in [3.63, 3.8) is 0 Å². The van der Waals surface area contributed by atoms with E-state index in [1.165, 1.54) is 18.1 Å². The Morgan fingerprint density at radius 1 is 1.00 bits per heavy atom. The molecule has 2 aromatic rings. The number of fused-ring (bicyclic) bond motifs is 3. The predicted molar refractivity (Wildman–Crippen MR) is 138 cm³/mol. The number of carbonyl (C=O) groups excluding carboxylic acids is 4. The van der Waals surface area contributed by atoms with Crippen LogP contribution < -0.4 is 4.74 Å². The standard InChI is InChI=1S/C31H27NO6/c1-16-12-23(33)22-14-21-19(26(28(22)29(16)35)18-8-11-25(38-2)24(34)13-18)9-10-20-27(21)31(37)32(30(20)36)15-17-6-4-3-5-7-17/h3-9,11-13,20-21,26-27,34H,10,14-15H2,1-2H3/t20-,21+,26-,27-/m0/s1. The van der Waals surface area contributed by atoms with Crippen molar-refractivity contribution in [2.75, 3.05) is 7.11 Å². The van der Waals surface area contributed by atoms with E-state index in [2.05, 4.69) is 0 Å². The highest BCUT2D eigenvalue weighted by Crippen LogP contribution is 2.55. The molecule has 1 N–H and O–H groups in total. The van der Waals surface area contributed by atoms with E-state index in [1.807, 2.05) is 36.4 Å². The highest BCUT2D eigenvalue weighted by atomic mass is 16.5. The number of ether oxygens (including phenoxy) is 1. The van der Waals surface area contributed by atoms with Crippen molar-refractivity contribution in [2.45, 2.75) is 32.2 Å². The Kier molecular flexibility index (Phi) is 5.67. The summed E-state index contributed by atoms with van der Waals surface area (Å²) in [6, 6.07) is 14.4. The second-order valence-electron chi connectivity index (χ2n) is 10.4. The van der Waals surface area contributed by atoms with Gasteiger partial charge in [-0.25, -0.2) is 0 Å². The Hall–Kier alpha value is -4.26. The molecular weight excluding hydrogens is 482 g/mol. The largest absolute Gasteiger partial charge is 0.504 e. The Labute approximate surface area is 220 Å². The van der Waals surface area contributed by atoms with Crippen molar-refractivity contribution in [2.24, 2.45) is 17.8 Å². The fourth-order valence-electron chi connectivity index (χ4n) is 6.61. The molecule has 7 heteroatoms. The summed E-state index contributed by atoms with van der Waals surface area (Å²) < 4.78 is 5.20. The number of rotatable bonds is 4. The maximum Gasteiger partial charge on any atom is 0.234 e. The minimum atomic E-state index is -0.607. The molecule has 3 aliphatic carbocycles. The minimum Gasteiger partial charge on any atom is -0.504 e. The lowest BCUT2D eigenvalue weighted by atomic mass is 9.59. The van der Waals surface area contributed by atoms with Gasteiger partial charge in [0.05, 0.1) is 25.5 Å². The van der Waals surface area contributed by atoms with Gasteiger partial charge in [-0.05, 0) is 55.0 Å². The van der Waals surface area contributed by atoms with Gasteiger partial charge in [-0.3, -0.25) is 24.1 Å². The molecule has 4 aliphatic rings. The van der Waals surface area contributed by atoms with Crippen molar-refractivity contribution in [3.8, 4) is 11.5 Å². The molecule has 0 aromatic heterocycles. The summed E-state index contributed by atoms with van der Waals surface area (Å²) >= 11 is 0. The summed E-state index contributed by atoms with van der Waals surface area (Å²) in [4.78, 5) is 55.2. The molecule has 1 saturated heterocycles. The number of allylic oxidation sites excluding steroid dienone is 6. The third-order valence-corrected chi connectivity index (χ3v) is 8.38. The number of phenolic OH excluding ortho intramolecular Hbond substituents is 1. The molecule has 1 heterocycles. The van der Waals surface area contributed by atoms with Crippen molar-refractivity contribution < 1.29 is 29.0 Å². The summed E-state index contributed by atoms with van der Waals surface area (Å²) in [7, 11) is 1.46. The van der Waals surface area contributed by atoms with E-state index in [0.29, 0.717) is 34.5 Å². The first kappa shape index (κ1) is 24.1. The average Bonchev–Trinajstić information content (AvgIpc) is 3.16. The van der Waals surface area contributed by atoms with E-state index in [0.717, 1.165) is 11.1 Å². The molecule has 0 bridgehead atoms. The van der Waals surface area contributed by atoms with Crippen LogP contribution in [-0.4, -0.2) is 40.5 Å². The van der Waals surface area contributed by atoms with Crippen LogP contribution in [0.2, 0.25) is 0 Å². The van der Waals surface area contributed by atoms with E-state index in [-0.39, 0.29) is 42.1 Å². The van der Waals surface area contributed by atoms with Gasteiger partial charge in [0.15, 0.2) is 23.1 Å². The van der Waals surface area contributed by atoms with Gasteiger partial charge in [0.25, 0.3) is 0 Å². The second kappa shape index (κ2) is 8.94. The maximum absolute atomic E-state index is 13.8. The fourth-order valence-corrected chi connectivity index (χ4v) is 6.61. The highest BCUT2D eigenvalue weighted by molar-refractivity contribution is 6.23. The number of imide groups is 1. The van der Waals surface area contributed by atoms with Gasteiger partial charge >= 0.3 is 0 Å². The van der Waals surface area contributed by atoms with Crippen molar-refractivity contribution >= 4 is 23.4 Å². The Bertz CT molecular complexity index is 1500. The Morgan fingerprint density at radius 2 is 1.76 bits per heavy atom. The smallest absolute Gasteiger partial charge is 0.234 e. The number of Topliss-reactive ketones (excluding diaryl/α,β-unsaturated/α-hetero) is 1. The van der Waals surface area contributed by atoms with Gasteiger partial charge in [-0.15, -0.1) is 0 Å². The van der Waals surface area contributed by atoms with Crippen LogP contribution in [0.25, 0.3) is 0 Å². The van der Waals surface area contributed by atoms with Gasteiger partial charge < -0.3 is 9.84 Å². The van der Waals surface area contributed by atoms with Gasteiger partial charge in [-0.1, -0.05) is 48.0 Å². The van der Waals surface area contributed by atoms with E-state index in [9.17, 15) is 24.3 Å². The van der Waals surface area contributed by atoms with Gasteiger partial charge in [0, 0.05) is 22.6 Å². The number of benzene rings is 2. The maximum atomic E-state index is 13.8. The number of carbonyl (C=O) groups is 4. The van der Waals surface area contributed by atoms with Crippen molar-refractivity contribution in [1.29, 1.82) is 0 Å². The highest BCUT2D eigenvalue weighted by Gasteiger charge is 2.56. The molecule has 0 radical (unpaired) electrons. The van der Waals surface area contributed by atoms with Crippen LogP contribution in [0.5, 0.6) is 11.5 Å². The normalized spacial score (nSPS) is 26.5. The zero-order valence-electron chi connectivity index (χ0n) is 21.1. The summed E-state index contributed by atoms with van der Waals surface area (Å²) in [5, 5.41) is 10.6. The molecule has 38 heavy (non-hydrogen) atoms. The molecule has 0 spiro atoms. The lowest BCUT2D eigenvalue weighted by Gasteiger charge is -2.42. The summed E-state index contributed by atoms with van der Waals surface area (Å²) in [5.74, 6) is -2.77. The van der Waals surface area contributed by atoms with Crippen molar-refractivity contribution in [3.05, 3.63) is 94.1 Å². The zero-order valence-corrected chi connectivity index (χ0v) is 21.1. The number of ketones is 2. The van der Waals surface area contributed by atoms with Gasteiger partial charge in [0.2, 0.25) is 11.8 Å². The number of aromatic hydroxyl groups is 1. The fraction of sp³-hybridized carbons (Fsp3) is 0.290. The van der Waals surface area contributed by atoms with Gasteiger partial charge in [-0.2, -0.15) is 0 Å². The SMILES string of the molecule is COc1ccc([C@H]2C3=CC[C@@H]4C(=O)N(Cc5ccccc5)C(=O)[C@@H]4[C@@H]3CC3=C2C(=O)C(C)=CC3=O)cc1O. The van der Waals surface area contributed by atoms with Crippen LogP contribution in [0.3, 0.4) is 0 Å². The molecule has 1 fully saturated rings. The molecule has 1 aliphatic heterocycles. The Balaban J connectivity index is 1.45. The summed E-state index contributed by atoms with van der Waals surface area (Å²) in [6.45, 7) is 1.83. The number of phenols is 1. The topological polar surface area (TPSA) is 101 Å². The summed E-state index contributed by atoms with van der Waals surface area (Å²) in [5.41, 5.74) is 3.52. The molecule has 6 rings (SSSR count). The number of hydrogen-bond acceptors (Lipinski definition) is 6. The lowest BCUT2D eigenvalue weighted by molar-refractivity contribution is -0.140. The van der Waals surface area contributed by atoms with E-state index >= 15 is 0 Å². The number of methoxy groups -OCH3 is 1. The molecule has 2 amide bonds. The molecule has 192 valence electrons. The second-order valence-corrected chi connectivity index (χ2v) is 10.4. The van der Waals surface area contributed by atoms with Gasteiger partial charge in [0.1, 0.15) is 0 Å². The quantitative estimate of drug-likeness (QED) is 0.380. The first-order valence-corrected chi connectivity index (χ1v) is 12.8. The monoisotopic (exact) mass is 509 g/mol. The third kappa shape index (κ3) is 3.56. The average molecular weight is 510 g/mol. The first-order chi connectivity index (χ1) is 18.3. The molecule has 0 saturated carbocycles. The zero-order chi connectivity index (χ0) is 26.7. The summed E-state index contributed by atoms with van der Waals surface area (Å²) in [6.07, 6.45) is 3.95. The number of hydrogen-bond donors (Lipinski definition) is 1. The number of nitrogens with zero attached hydrogens (tertiary/aromatic N) is 1. The van der Waals surface area contributed by atoms with Crippen molar-refractivity contribution in [1.82, 2.24) is 4.90 Å². The van der Waals surface area contributed by atoms with Crippen LogP contribution in [0.4, 0.5) is 0 Å². The number of likely N-dealkylation sites (tertiary alicyclic amines) is 1. The predicted octanol–water partition coefficient (Wildman–Crippen LogP) is 4.03. The number of amides is 2. The molecular formula is C31H27NO6. The molecule has 4 atom stereocenters. The lowest BCUT2D eigenvalue weighted by Crippen LogP contribution is -2.39. The molecule has 7 nitrogen and oxygen atoms in total.